The van der Waals surface area contributed by atoms with Crippen molar-refractivity contribution in [2.45, 2.75) is 51.4 Å². The maximum atomic E-state index is 13.9. The number of fused-ring (bicyclic) bond motifs is 2. The van der Waals surface area contributed by atoms with Crippen LogP contribution in [-0.2, 0) is 0 Å². The molecule has 5 rings (SSSR count). The summed E-state index contributed by atoms with van der Waals surface area (Å²) in [6.45, 7) is 6.75. The van der Waals surface area contributed by atoms with Gasteiger partial charge in [-0.25, -0.2) is 5.84 Å². The summed E-state index contributed by atoms with van der Waals surface area (Å²) in [6, 6.07) is 9.90. The molecule has 2 heterocycles. The van der Waals surface area contributed by atoms with Crippen molar-refractivity contribution in [3.8, 4) is 6.07 Å². The van der Waals surface area contributed by atoms with Crippen molar-refractivity contribution in [2.75, 3.05) is 17.2 Å². The highest BCUT2D eigenvalue weighted by Crippen LogP contribution is 2.52. The van der Waals surface area contributed by atoms with E-state index in [1.54, 1.807) is 42.7 Å². The fraction of sp³-hybridized carbons (Fsp3) is 0.323. The Morgan fingerprint density at radius 3 is 2.48 bits per heavy atom. The number of hydrogen-bond acceptors (Lipinski definition) is 8. The number of halogens is 5. The van der Waals surface area contributed by atoms with Gasteiger partial charge in [-0.15, -0.1) is 0 Å². The van der Waals surface area contributed by atoms with Gasteiger partial charge < -0.3 is 21.4 Å². The number of alkyl halides is 3. The summed E-state index contributed by atoms with van der Waals surface area (Å²) in [5.74, 6) is 6.00. The molecule has 4 aromatic rings. The van der Waals surface area contributed by atoms with Gasteiger partial charge in [0.25, 0.3) is 0 Å². The van der Waals surface area contributed by atoms with Crippen molar-refractivity contribution in [2.24, 2.45) is 17.0 Å². The smallest absolute Gasteiger partial charge is 0.399 e. The van der Waals surface area contributed by atoms with Gasteiger partial charge in [-0.3, -0.25) is 9.97 Å². The van der Waals surface area contributed by atoms with Gasteiger partial charge >= 0.3 is 6.18 Å². The lowest BCUT2D eigenvalue weighted by atomic mass is 9.96. The summed E-state index contributed by atoms with van der Waals surface area (Å²) in [5, 5.41) is 19.9. The number of hydrazine groups is 1. The second-order valence-electron chi connectivity index (χ2n) is 12.1. The van der Waals surface area contributed by atoms with Crippen LogP contribution in [0.2, 0.25) is 10.0 Å². The van der Waals surface area contributed by atoms with Crippen LogP contribution in [0.25, 0.3) is 21.7 Å². The van der Waals surface area contributed by atoms with Gasteiger partial charge in [-0.05, 0) is 53.5 Å². The molecule has 8 nitrogen and oxygen atoms in total. The molecule has 1 unspecified atom stereocenters. The van der Waals surface area contributed by atoms with Gasteiger partial charge in [-0.1, -0.05) is 50.0 Å². The van der Waals surface area contributed by atoms with Crippen molar-refractivity contribution >= 4 is 56.3 Å². The van der Waals surface area contributed by atoms with Crippen molar-refractivity contribution in [1.82, 2.24) is 15.0 Å². The quantitative estimate of drug-likeness (QED) is 0.114. The first-order valence-corrected chi connectivity index (χ1v) is 14.5. The third-order valence-corrected chi connectivity index (χ3v) is 8.25. The maximum Gasteiger partial charge on any atom is 0.413 e. The molecular formula is C31H31Cl2F3N8. The summed E-state index contributed by atoms with van der Waals surface area (Å²) >= 11 is 13.2. The molecule has 1 atom stereocenters. The highest BCUT2D eigenvalue weighted by Gasteiger charge is 2.66. The number of aromatic nitrogens is 2. The lowest BCUT2D eigenvalue weighted by molar-refractivity contribution is -0.189. The Labute approximate surface area is 262 Å². The van der Waals surface area contributed by atoms with Crippen LogP contribution in [0.4, 0.5) is 24.5 Å². The molecule has 230 valence electrons. The van der Waals surface area contributed by atoms with E-state index in [4.69, 9.17) is 34.8 Å². The molecular weight excluding hydrogens is 612 g/mol. The average Bonchev–Trinajstić information content (AvgIpc) is 3.78. The van der Waals surface area contributed by atoms with Crippen molar-refractivity contribution in [3.05, 3.63) is 82.0 Å². The van der Waals surface area contributed by atoms with Gasteiger partial charge in [0.05, 0.1) is 33.5 Å². The van der Waals surface area contributed by atoms with E-state index in [2.05, 4.69) is 47.4 Å². The molecule has 13 heteroatoms. The molecule has 0 amide bonds. The molecule has 6 N–H and O–H groups in total. The third-order valence-electron chi connectivity index (χ3n) is 7.63. The first-order valence-electron chi connectivity index (χ1n) is 13.8. The van der Waals surface area contributed by atoms with Gasteiger partial charge in [-0.2, -0.15) is 18.4 Å². The van der Waals surface area contributed by atoms with Crippen LogP contribution >= 0.6 is 23.2 Å². The average molecular weight is 644 g/mol. The number of hydrogen-bond donors (Lipinski definition) is 4. The van der Waals surface area contributed by atoms with E-state index in [9.17, 15) is 18.4 Å². The molecule has 1 aliphatic rings. The lowest BCUT2D eigenvalue weighted by Gasteiger charge is -2.30. The Balaban J connectivity index is 1.65. The SMILES string of the molecule is CC(C)(C)CNc1c(C#N)cnc2c(Cl)cc(NC(/C(N)=C/N(N)C3(C(F)(F)F)CC3)c3ccc(Cl)c4cnccc34)cc12. The molecule has 44 heavy (non-hydrogen) atoms. The Morgan fingerprint density at radius 1 is 1.11 bits per heavy atom. The predicted octanol–water partition coefficient (Wildman–Crippen LogP) is 7.64. The monoisotopic (exact) mass is 642 g/mol. The zero-order valence-electron chi connectivity index (χ0n) is 24.2. The number of benzene rings is 2. The zero-order valence-corrected chi connectivity index (χ0v) is 25.7. The largest absolute Gasteiger partial charge is 0.413 e. The summed E-state index contributed by atoms with van der Waals surface area (Å²) in [7, 11) is 0. The van der Waals surface area contributed by atoms with E-state index in [1.807, 2.05) is 0 Å². The molecule has 0 bridgehead atoms. The highest BCUT2D eigenvalue weighted by molar-refractivity contribution is 6.36. The molecule has 1 aliphatic carbocycles. The predicted molar refractivity (Wildman–Crippen MR) is 169 cm³/mol. The molecule has 0 spiro atoms. The lowest BCUT2D eigenvalue weighted by Crippen LogP contribution is -2.49. The first kappa shape index (κ1) is 31.4. The maximum absolute atomic E-state index is 13.9. The molecule has 2 aromatic heterocycles. The van der Waals surface area contributed by atoms with E-state index >= 15 is 0 Å². The van der Waals surface area contributed by atoms with Gasteiger partial charge in [0.15, 0.2) is 5.54 Å². The van der Waals surface area contributed by atoms with E-state index < -0.39 is 17.8 Å². The van der Waals surface area contributed by atoms with Gasteiger partial charge in [0, 0.05) is 52.8 Å². The van der Waals surface area contributed by atoms with Crippen molar-refractivity contribution < 1.29 is 13.2 Å². The number of nitriles is 1. The van der Waals surface area contributed by atoms with Gasteiger partial charge in [0.2, 0.25) is 0 Å². The number of nitrogens with two attached hydrogens (primary N) is 2. The topological polar surface area (TPSA) is 129 Å². The van der Waals surface area contributed by atoms with Crippen molar-refractivity contribution in [1.29, 1.82) is 5.26 Å². The Kier molecular flexibility index (Phi) is 8.22. The minimum Gasteiger partial charge on any atom is -0.399 e. The fourth-order valence-corrected chi connectivity index (χ4v) is 5.56. The highest BCUT2D eigenvalue weighted by atomic mass is 35.5. The van der Waals surface area contributed by atoms with E-state index in [0.717, 1.165) is 6.20 Å². The second-order valence-corrected chi connectivity index (χ2v) is 12.9. The molecule has 0 radical (unpaired) electrons. The molecule has 1 saturated carbocycles. The van der Waals surface area contributed by atoms with Crippen LogP contribution in [0.15, 0.2) is 60.8 Å². The molecule has 2 aromatic carbocycles. The molecule has 0 aliphatic heterocycles. The van der Waals surface area contributed by atoms with Crippen LogP contribution in [0, 0.1) is 16.7 Å². The number of nitrogens with one attached hydrogen (secondary N) is 2. The standard InChI is InChI=1S/C31H31Cl2F3N8/c1-29(2,3)16-42-26-17(12-37)13-41-27-21(26)10-18(11-24(27)33)43-28(20-4-5-23(32)22-14-40-9-6-19(20)22)25(38)15-44(39)30(7-8-30)31(34,35)36/h4-6,9-11,13-15,28,43H,7-8,16,38-39H2,1-3H3,(H,41,42)/b25-15-. The van der Waals surface area contributed by atoms with Crippen LogP contribution in [0.5, 0.6) is 0 Å². The second kappa shape index (κ2) is 11.5. The number of rotatable bonds is 8. The van der Waals surface area contributed by atoms with Crippen molar-refractivity contribution in [3.63, 3.8) is 0 Å². The third kappa shape index (κ3) is 6.02. The Bertz CT molecular complexity index is 1810. The number of pyridine rings is 2. The number of nitrogens with zero attached hydrogens (tertiary/aromatic N) is 4. The molecule has 0 saturated heterocycles. The Morgan fingerprint density at radius 2 is 1.84 bits per heavy atom. The normalized spacial score (nSPS) is 15.6. The van der Waals surface area contributed by atoms with E-state index in [1.165, 1.54) is 6.20 Å². The summed E-state index contributed by atoms with van der Waals surface area (Å²) < 4.78 is 41.6. The minimum atomic E-state index is -4.53. The van der Waals surface area contributed by atoms with Crippen LogP contribution in [0.3, 0.4) is 0 Å². The number of anilines is 2. The van der Waals surface area contributed by atoms with Crippen LogP contribution < -0.4 is 22.2 Å². The van der Waals surface area contributed by atoms with Gasteiger partial charge in [0.1, 0.15) is 6.07 Å². The molecule has 1 fully saturated rings. The summed E-state index contributed by atoms with van der Waals surface area (Å²) in [5.41, 5.74) is 6.81. The first-order chi connectivity index (χ1) is 20.6. The van der Waals surface area contributed by atoms with Crippen LogP contribution in [-0.4, -0.2) is 33.2 Å². The fourth-order valence-electron chi connectivity index (χ4n) is 5.07. The minimum absolute atomic E-state index is 0.0228. The Hall–Kier alpha value is -3.98. The summed E-state index contributed by atoms with van der Waals surface area (Å²) in [4.78, 5) is 8.57. The van der Waals surface area contributed by atoms with E-state index in [-0.39, 0.29) is 24.0 Å². The summed E-state index contributed by atoms with van der Waals surface area (Å²) in [6.07, 6.45) is 0.972. The van der Waals surface area contributed by atoms with Crippen LogP contribution in [0.1, 0.15) is 50.8 Å². The van der Waals surface area contributed by atoms with E-state index in [0.29, 0.717) is 65.8 Å². The zero-order chi connectivity index (χ0) is 32.0.